The van der Waals surface area contributed by atoms with Gasteiger partial charge in [-0.2, -0.15) is 0 Å². The van der Waals surface area contributed by atoms with Crippen LogP contribution in [0.5, 0.6) is 0 Å². The highest BCUT2D eigenvalue weighted by molar-refractivity contribution is 7.12. The molecular weight excluding hydrogens is 473 g/mol. The van der Waals surface area contributed by atoms with Crippen LogP contribution in [0, 0.1) is 23.7 Å². The molecule has 2 rings (SSSR count). The molecule has 0 aromatic carbocycles. The minimum Gasteiger partial charge on any atom is -0.143 e. The monoisotopic (exact) mass is 520 g/mol. The highest BCUT2D eigenvalue weighted by Gasteiger charge is 2.01. The summed E-state index contributed by atoms with van der Waals surface area (Å²) in [4.78, 5) is 2.51. The van der Waals surface area contributed by atoms with Gasteiger partial charge in [0.15, 0.2) is 0 Å². The van der Waals surface area contributed by atoms with Crippen LogP contribution in [0.1, 0.15) is 150 Å². The van der Waals surface area contributed by atoms with Gasteiger partial charge >= 0.3 is 0 Å². The molecule has 2 heterocycles. The molecule has 2 heteroatoms. The lowest BCUT2D eigenvalue weighted by atomic mass is 10.1. The second kappa shape index (κ2) is 21.4. The molecule has 0 aliphatic rings. The molecule has 2 aromatic rings. The van der Waals surface area contributed by atoms with Gasteiger partial charge in [-0.1, -0.05) is 127 Å². The normalized spacial score (nSPS) is 10.8. The smallest absolute Gasteiger partial charge is 0.0427 e. The molecule has 196 valence electrons. The number of hydrogen-bond acceptors (Lipinski definition) is 2. The maximum atomic E-state index is 3.41. The van der Waals surface area contributed by atoms with Gasteiger partial charge in [0.2, 0.25) is 0 Å². The molecule has 0 nitrogen and oxygen atoms in total. The number of hydrogen-bond donors (Lipinski definition) is 0. The van der Waals surface area contributed by atoms with Crippen LogP contribution in [-0.2, 0) is 0 Å². The fourth-order valence-corrected chi connectivity index (χ4v) is 5.75. The van der Waals surface area contributed by atoms with Gasteiger partial charge in [-0.25, -0.2) is 0 Å². The maximum absolute atomic E-state index is 3.41. The molecule has 0 saturated carbocycles. The third-order valence-electron chi connectivity index (χ3n) is 6.53. The highest BCUT2D eigenvalue weighted by Crippen LogP contribution is 2.23. The van der Waals surface area contributed by atoms with Crippen LogP contribution in [0.2, 0.25) is 0 Å². The zero-order valence-electron chi connectivity index (χ0n) is 23.0. The Kier molecular flexibility index (Phi) is 18.1. The van der Waals surface area contributed by atoms with Crippen molar-refractivity contribution in [3.63, 3.8) is 0 Å². The fraction of sp³-hybridized carbons (Fsp3) is 0.588. The zero-order chi connectivity index (χ0) is 25.5. The lowest BCUT2D eigenvalue weighted by Gasteiger charge is -1.99. The molecule has 0 amide bonds. The summed E-state index contributed by atoms with van der Waals surface area (Å²) >= 11 is 3.55. The quantitative estimate of drug-likeness (QED) is 0.135. The van der Waals surface area contributed by atoms with Crippen molar-refractivity contribution in [3.8, 4) is 23.7 Å². The van der Waals surface area contributed by atoms with Crippen molar-refractivity contribution in [2.45, 2.75) is 129 Å². The van der Waals surface area contributed by atoms with Crippen molar-refractivity contribution in [1.82, 2.24) is 0 Å². The van der Waals surface area contributed by atoms with E-state index in [1.807, 2.05) is 0 Å². The summed E-state index contributed by atoms with van der Waals surface area (Å²) in [7, 11) is 0. The van der Waals surface area contributed by atoms with Gasteiger partial charge in [0.25, 0.3) is 0 Å². The number of unbranched alkanes of at least 4 members (excludes halogenated alkanes) is 16. The first kappa shape index (κ1) is 30.5. The Morgan fingerprint density at radius 3 is 1.28 bits per heavy atom. The van der Waals surface area contributed by atoms with Crippen LogP contribution < -0.4 is 0 Å². The minimum atomic E-state index is 1.01. The summed E-state index contributed by atoms with van der Waals surface area (Å²) < 4.78 is 0. The summed E-state index contributed by atoms with van der Waals surface area (Å²) in [6, 6.07) is 4.31. The Balaban J connectivity index is 1.70. The predicted octanol–water partition coefficient (Wildman–Crippen LogP) is 11.7. The Labute approximate surface area is 231 Å². The van der Waals surface area contributed by atoms with Crippen LogP contribution in [0.15, 0.2) is 22.9 Å². The Morgan fingerprint density at radius 1 is 0.528 bits per heavy atom. The van der Waals surface area contributed by atoms with E-state index >= 15 is 0 Å². The highest BCUT2D eigenvalue weighted by atomic mass is 32.1. The first-order valence-electron chi connectivity index (χ1n) is 14.7. The Morgan fingerprint density at radius 2 is 0.889 bits per heavy atom. The lowest BCUT2D eigenvalue weighted by Crippen LogP contribution is -1.80. The third-order valence-corrected chi connectivity index (χ3v) is 8.30. The number of thiophene rings is 2. The van der Waals surface area contributed by atoms with E-state index in [2.05, 4.69) is 72.6 Å². The van der Waals surface area contributed by atoms with Crippen LogP contribution in [0.4, 0.5) is 0 Å². The molecule has 0 atom stereocenters. The van der Waals surface area contributed by atoms with Crippen LogP contribution >= 0.6 is 22.7 Å². The van der Waals surface area contributed by atoms with Crippen molar-refractivity contribution in [2.24, 2.45) is 0 Å². The lowest BCUT2D eigenvalue weighted by molar-refractivity contribution is 0.579. The molecule has 0 fully saturated rings. The van der Waals surface area contributed by atoms with Crippen molar-refractivity contribution in [2.75, 3.05) is 0 Å². The molecule has 0 aliphatic carbocycles. The Bertz CT molecular complexity index is 872. The molecule has 0 radical (unpaired) electrons. The average Bonchev–Trinajstić information content (AvgIpc) is 3.54. The first-order valence-corrected chi connectivity index (χ1v) is 16.4. The molecular formula is C34H48S2. The second-order valence-corrected chi connectivity index (χ2v) is 11.7. The fourth-order valence-electron chi connectivity index (χ4n) is 4.27. The van der Waals surface area contributed by atoms with Gasteiger partial charge in [0, 0.05) is 33.7 Å². The van der Waals surface area contributed by atoms with Crippen LogP contribution in [-0.4, -0.2) is 0 Å². The molecule has 0 spiro atoms. The van der Waals surface area contributed by atoms with E-state index in [-0.39, 0.29) is 0 Å². The van der Waals surface area contributed by atoms with Crippen molar-refractivity contribution >= 4 is 34.8 Å². The van der Waals surface area contributed by atoms with E-state index in [1.54, 1.807) is 22.7 Å². The van der Waals surface area contributed by atoms with Gasteiger partial charge in [-0.3, -0.25) is 0 Å². The standard InChI is InChI=1S/C34H48S2/c1-3-5-7-9-11-13-15-17-19-21-23-31-27-29-35-33(31)25-26-34-32(28-30-36-34)24-22-20-18-16-14-12-10-8-6-4-2/h25-30H,3-20H2,1-2H3/b26-25+. The summed E-state index contributed by atoms with van der Waals surface area (Å²) in [6.45, 7) is 4.56. The molecule has 0 unspecified atom stereocenters. The largest absolute Gasteiger partial charge is 0.143 e. The van der Waals surface area contributed by atoms with Gasteiger partial charge in [-0.05, 0) is 47.9 Å². The van der Waals surface area contributed by atoms with E-state index in [0.717, 1.165) is 24.0 Å². The summed E-state index contributed by atoms with van der Waals surface area (Å²) in [6.07, 6.45) is 28.1. The summed E-state index contributed by atoms with van der Waals surface area (Å²) in [5.41, 5.74) is 2.32. The molecule has 0 N–H and O–H groups in total. The van der Waals surface area contributed by atoms with Crippen LogP contribution in [0.3, 0.4) is 0 Å². The van der Waals surface area contributed by atoms with Crippen LogP contribution in [0.25, 0.3) is 12.2 Å². The second-order valence-electron chi connectivity index (χ2n) is 9.78. The topological polar surface area (TPSA) is 0 Å². The minimum absolute atomic E-state index is 1.01. The van der Waals surface area contributed by atoms with E-state index in [4.69, 9.17) is 0 Å². The zero-order valence-corrected chi connectivity index (χ0v) is 24.6. The maximum Gasteiger partial charge on any atom is 0.0427 e. The van der Waals surface area contributed by atoms with E-state index in [1.165, 1.54) is 112 Å². The molecule has 0 bridgehead atoms. The summed E-state index contributed by atoms with van der Waals surface area (Å²) in [5, 5.41) is 4.30. The van der Waals surface area contributed by atoms with Gasteiger partial charge in [0.05, 0.1) is 0 Å². The van der Waals surface area contributed by atoms with Crippen molar-refractivity contribution in [1.29, 1.82) is 0 Å². The molecule has 0 aliphatic heterocycles. The number of rotatable bonds is 18. The van der Waals surface area contributed by atoms with Crippen molar-refractivity contribution < 1.29 is 0 Å². The average molecular weight is 521 g/mol. The predicted molar refractivity (Wildman–Crippen MR) is 166 cm³/mol. The molecule has 2 aromatic heterocycles. The first-order chi connectivity index (χ1) is 17.8. The van der Waals surface area contributed by atoms with Crippen molar-refractivity contribution in [3.05, 3.63) is 43.8 Å². The third kappa shape index (κ3) is 14.1. The Hall–Kier alpha value is -1.74. The van der Waals surface area contributed by atoms with Gasteiger partial charge in [0.1, 0.15) is 0 Å². The van der Waals surface area contributed by atoms with Gasteiger partial charge < -0.3 is 0 Å². The van der Waals surface area contributed by atoms with Gasteiger partial charge in [-0.15, -0.1) is 22.7 Å². The molecule has 36 heavy (non-hydrogen) atoms. The van der Waals surface area contributed by atoms with E-state index in [9.17, 15) is 0 Å². The SMILES string of the molecule is CCCCCCCCCCC#Cc1ccsc1/C=C/c1sccc1C#CCCCCCCCCCC. The van der Waals surface area contributed by atoms with E-state index in [0.29, 0.717) is 0 Å². The summed E-state index contributed by atoms with van der Waals surface area (Å²) in [5.74, 6) is 13.6. The molecule has 0 saturated heterocycles. The van der Waals surface area contributed by atoms with E-state index < -0.39 is 0 Å².